The summed E-state index contributed by atoms with van der Waals surface area (Å²) in [5.74, 6) is -0.754. The van der Waals surface area contributed by atoms with Crippen LogP contribution in [0.1, 0.15) is 10.4 Å². The Bertz CT molecular complexity index is 396. The second-order valence-electron chi connectivity index (χ2n) is 4.01. The molecule has 1 aliphatic heterocycles. The fourth-order valence-electron chi connectivity index (χ4n) is 1.78. The molecule has 2 rings (SSSR count). The van der Waals surface area contributed by atoms with Crippen LogP contribution in [0.5, 0.6) is 0 Å². The number of nitrogens with zero attached hydrogens (tertiary/aromatic N) is 1. The second-order valence-corrected chi connectivity index (χ2v) is 4.01. The van der Waals surface area contributed by atoms with Gasteiger partial charge in [0.05, 0.1) is 19.8 Å². The zero-order valence-electron chi connectivity index (χ0n) is 9.59. The van der Waals surface area contributed by atoms with Gasteiger partial charge in [0.1, 0.15) is 0 Å². The lowest BCUT2D eigenvalue weighted by Gasteiger charge is -2.25. The Kier molecular flexibility index (Phi) is 4.01. The molecule has 0 atom stereocenters. The molecule has 0 spiro atoms. The van der Waals surface area contributed by atoms with E-state index in [0.29, 0.717) is 31.9 Å². The Morgan fingerprint density at radius 2 is 1.76 bits per heavy atom. The van der Waals surface area contributed by atoms with Gasteiger partial charge in [-0.15, -0.1) is 0 Å². The minimum absolute atomic E-state index is 0.192. The highest BCUT2D eigenvalue weighted by Crippen LogP contribution is 2.03. The standard InChI is InChI=1S/C13H15NO3/c15-12(10-14-6-8-17-9-7-14)13(16)11-4-2-1-3-5-11/h1-5H,6-10H2. The van der Waals surface area contributed by atoms with E-state index in [-0.39, 0.29) is 12.3 Å². The number of ketones is 2. The Morgan fingerprint density at radius 1 is 1.12 bits per heavy atom. The molecule has 0 radical (unpaired) electrons. The normalized spacial score (nSPS) is 16.7. The molecule has 1 aromatic rings. The topological polar surface area (TPSA) is 46.6 Å². The number of carbonyl (C=O) groups excluding carboxylic acids is 2. The van der Waals surface area contributed by atoms with Crippen molar-refractivity contribution in [3.05, 3.63) is 35.9 Å². The van der Waals surface area contributed by atoms with E-state index in [1.54, 1.807) is 24.3 Å². The largest absolute Gasteiger partial charge is 0.379 e. The fraction of sp³-hybridized carbons (Fsp3) is 0.385. The van der Waals surface area contributed by atoms with Crippen LogP contribution in [0.4, 0.5) is 0 Å². The summed E-state index contributed by atoms with van der Waals surface area (Å²) in [6.07, 6.45) is 0. The Balaban J connectivity index is 1.93. The van der Waals surface area contributed by atoms with Crippen molar-refractivity contribution in [3.8, 4) is 0 Å². The molecule has 0 aromatic heterocycles. The Labute approximate surface area is 100 Å². The van der Waals surface area contributed by atoms with Gasteiger partial charge in [-0.25, -0.2) is 0 Å². The maximum Gasteiger partial charge on any atom is 0.229 e. The Hall–Kier alpha value is -1.52. The first kappa shape index (κ1) is 12.0. The molecule has 0 bridgehead atoms. The van der Waals surface area contributed by atoms with Gasteiger partial charge in [0.2, 0.25) is 11.6 Å². The van der Waals surface area contributed by atoms with Crippen molar-refractivity contribution >= 4 is 11.6 Å². The summed E-state index contributed by atoms with van der Waals surface area (Å²) in [6.45, 7) is 2.89. The van der Waals surface area contributed by atoms with E-state index in [9.17, 15) is 9.59 Å². The van der Waals surface area contributed by atoms with Crippen LogP contribution in [0.25, 0.3) is 0 Å². The molecule has 1 fully saturated rings. The molecule has 90 valence electrons. The van der Waals surface area contributed by atoms with Crippen LogP contribution in [0, 0.1) is 0 Å². The van der Waals surface area contributed by atoms with Gasteiger partial charge in [-0.05, 0) is 0 Å². The van der Waals surface area contributed by atoms with Crippen molar-refractivity contribution < 1.29 is 14.3 Å². The van der Waals surface area contributed by atoms with Gasteiger partial charge in [-0.2, -0.15) is 0 Å². The molecule has 0 unspecified atom stereocenters. The summed E-state index contributed by atoms with van der Waals surface area (Å²) in [4.78, 5) is 25.5. The first-order valence-corrected chi connectivity index (χ1v) is 5.70. The van der Waals surface area contributed by atoms with E-state index in [0.717, 1.165) is 0 Å². The van der Waals surface area contributed by atoms with E-state index < -0.39 is 5.78 Å². The van der Waals surface area contributed by atoms with Crippen molar-refractivity contribution in [2.24, 2.45) is 0 Å². The van der Waals surface area contributed by atoms with E-state index in [1.807, 2.05) is 11.0 Å². The zero-order chi connectivity index (χ0) is 12.1. The zero-order valence-corrected chi connectivity index (χ0v) is 9.59. The number of Topliss-reactive ketones (excluding diaryl/α,β-unsaturated/α-hetero) is 2. The molecular weight excluding hydrogens is 218 g/mol. The van der Waals surface area contributed by atoms with Gasteiger partial charge >= 0.3 is 0 Å². The summed E-state index contributed by atoms with van der Waals surface area (Å²) >= 11 is 0. The molecule has 4 heteroatoms. The van der Waals surface area contributed by atoms with Gasteiger partial charge in [-0.3, -0.25) is 14.5 Å². The van der Waals surface area contributed by atoms with Crippen molar-refractivity contribution in [2.45, 2.75) is 0 Å². The number of hydrogen-bond donors (Lipinski definition) is 0. The third-order valence-corrected chi connectivity index (χ3v) is 2.76. The van der Waals surface area contributed by atoms with Crippen molar-refractivity contribution in [1.82, 2.24) is 4.90 Å². The summed E-state index contributed by atoms with van der Waals surface area (Å²) in [6, 6.07) is 8.67. The predicted octanol–water partition coefficient (Wildman–Crippen LogP) is 0.771. The average Bonchev–Trinajstić information content (AvgIpc) is 2.40. The smallest absolute Gasteiger partial charge is 0.229 e. The second kappa shape index (κ2) is 5.70. The van der Waals surface area contributed by atoms with Gasteiger partial charge in [0, 0.05) is 18.7 Å². The number of hydrogen-bond acceptors (Lipinski definition) is 4. The molecule has 17 heavy (non-hydrogen) atoms. The molecule has 4 nitrogen and oxygen atoms in total. The first-order valence-electron chi connectivity index (χ1n) is 5.70. The van der Waals surface area contributed by atoms with Crippen molar-refractivity contribution in [3.63, 3.8) is 0 Å². The lowest BCUT2D eigenvalue weighted by atomic mass is 10.1. The minimum Gasteiger partial charge on any atom is -0.379 e. The van der Waals surface area contributed by atoms with E-state index in [1.165, 1.54) is 0 Å². The van der Waals surface area contributed by atoms with Crippen LogP contribution in [0.2, 0.25) is 0 Å². The number of rotatable bonds is 4. The third-order valence-electron chi connectivity index (χ3n) is 2.76. The lowest BCUT2D eigenvalue weighted by Crippen LogP contribution is -2.41. The molecule has 0 amide bonds. The van der Waals surface area contributed by atoms with Gasteiger partial charge in [0.15, 0.2) is 0 Å². The molecule has 0 N–H and O–H groups in total. The Morgan fingerprint density at radius 3 is 2.41 bits per heavy atom. The summed E-state index contributed by atoms with van der Waals surface area (Å²) in [5, 5.41) is 0. The van der Waals surface area contributed by atoms with Crippen LogP contribution < -0.4 is 0 Å². The van der Waals surface area contributed by atoms with Crippen LogP contribution in [-0.4, -0.2) is 49.3 Å². The van der Waals surface area contributed by atoms with Crippen LogP contribution in [-0.2, 0) is 9.53 Å². The number of morpholine rings is 1. The quantitative estimate of drug-likeness (QED) is 0.569. The minimum atomic E-state index is -0.405. The molecule has 1 aromatic carbocycles. The maximum absolute atomic E-state index is 11.8. The van der Waals surface area contributed by atoms with Gasteiger partial charge in [0.25, 0.3) is 0 Å². The summed E-state index contributed by atoms with van der Waals surface area (Å²) < 4.78 is 5.19. The van der Waals surface area contributed by atoms with Gasteiger partial charge < -0.3 is 4.74 Å². The SMILES string of the molecule is O=C(CN1CCOCC1)C(=O)c1ccccc1. The van der Waals surface area contributed by atoms with Crippen LogP contribution >= 0.6 is 0 Å². The molecular formula is C13H15NO3. The number of benzene rings is 1. The lowest BCUT2D eigenvalue weighted by molar-refractivity contribution is -0.117. The third kappa shape index (κ3) is 3.22. The van der Waals surface area contributed by atoms with E-state index in [4.69, 9.17) is 4.74 Å². The van der Waals surface area contributed by atoms with E-state index >= 15 is 0 Å². The van der Waals surface area contributed by atoms with Crippen molar-refractivity contribution in [1.29, 1.82) is 0 Å². The van der Waals surface area contributed by atoms with E-state index in [2.05, 4.69) is 0 Å². The number of carbonyl (C=O) groups is 2. The van der Waals surface area contributed by atoms with Gasteiger partial charge in [-0.1, -0.05) is 30.3 Å². The van der Waals surface area contributed by atoms with Crippen LogP contribution in [0.3, 0.4) is 0 Å². The monoisotopic (exact) mass is 233 g/mol. The number of ether oxygens (including phenoxy) is 1. The maximum atomic E-state index is 11.8. The molecule has 0 aliphatic carbocycles. The molecule has 1 aliphatic rings. The summed E-state index contributed by atoms with van der Waals surface area (Å²) in [7, 11) is 0. The fourth-order valence-corrected chi connectivity index (χ4v) is 1.78. The average molecular weight is 233 g/mol. The molecule has 1 saturated heterocycles. The highest BCUT2D eigenvalue weighted by Gasteiger charge is 2.20. The highest BCUT2D eigenvalue weighted by atomic mass is 16.5. The summed E-state index contributed by atoms with van der Waals surface area (Å²) in [5.41, 5.74) is 0.464. The predicted molar refractivity (Wildman–Crippen MR) is 63.0 cm³/mol. The first-order chi connectivity index (χ1) is 8.27. The molecule has 1 heterocycles. The van der Waals surface area contributed by atoms with Crippen LogP contribution in [0.15, 0.2) is 30.3 Å². The highest BCUT2D eigenvalue weighted by molar-refractivity contribution is 6.44. The van der Waals surface area contributed by atoms with Crippen molar-refractivity contribution in [2.75, 3.05) is 32.8 Å². The molecule has 0 saturated carbocycles.